The Morgan fingerprint density at radius 1 is 1.40 bits per heavy atom. The number of amides is 1. The van der Waals surface area contributed by atoms with Crippen LogP contribution in [-0.2, 0) is 14.6 Å². The number of hydrogen-bond acceptors (Lipinski definition) is 4. The minimum atomic E-state index is -2.95. The molecule has 2 atom stereocenters. The summed E-state index contributed by atoms with van der Waals surface area (Å²) in [5.74, 6) is 0.170. The highest BCUT2D eigenvalue weighted by atomic mass is 32.2. The second-order valence-corrected chi connectivity index (χ2v) is 6.71. The van der Waals surface area contributed by atoms with E-state index in [-0.39, 0.29) is 16.9 Å². The maximum atomic E-state index is 11.6. The topological polar surface area (TPSA) is 80.5 Å². The fraction of sp³-hybridized carbons (Fsp3) is 0.889. The fourth-order valence-corrected chi connectivity index (χ4v) is 4.09. The van der Waals surface area contributed by atoms with Crippen LogP contribution < -0.4 is 5.73 Å². The molecule has 2 aliphatic heterocycles. The molecule has 86 valence electrons. The van der Waals surface area contributed by atoms with E-state index in [0.29, 0.717) is 25.9 Å². The molecule has 2 saturated heterocycles. The van der Waals surface area contributed by atoms with Crippen molar-refractivity contribution in [2.45, 2.75) is 30.6 Å². The van der Waals surface area contributed by atoms with E-state index >= 15 is 0 Å². The van der Waals surface area contributed by atoms with Gasteiger partial charge in [0.25, 0.3) is 0 Å². The highest BCUT2D eigenvalue weighted by molar-refractivity contribution is 7.92. The molecule has 2 N–H and O–H groups in total. The first-order valence-electron chi connectivity index (χ1n) is 5.26. The van der Waals surface area contributed by atoms with Crippen molar-refractivity contribution in [3.8, 4) is 0 Å². The van der Waals surface area contributed by atoms with E-state index in [4.69, 9.17) is 5.73 Å². The Balaban J connectivity index is 2.01. The zero-order chi connectivity index (χ0) is 11.1. The average Bonchev–Trinajstić information content (AvgIpc) is 2.64. The van der Waals surface area contributed by atoms with Gasteiger partial charge in [0, 0.05) is 13.1 Å². The van der Waals surface area contributed by atoms with Crippen molar-refractivity contribution in [1.82, 2.24) is 4.90 Å². The molecule has 0 aromatic heterocycles. The van der Waals surface area contributed by atoms with E-state index < -0.39 is 15.9 Å². The predicted octanol–water partition coefficient (Wildman–Crippen LogP) is -0.877. The number of carbonyl (C=O) groups is 1. The van der Waals surface area contributed by atoms with Crippen molar-refractivity contribution in [2.75, 3.05) is 18.8 Å². The summed E-state index contributed by atoms with van der Waals surface area (Å²) < 4.78 is 23.1. The lowest BCUT2D eigenvalue weighted by molar-refractivity contribution is -0.128. The quantitative estimate of drug-likeness (QED) is 0.670. The Morgan fingerprint density at radius 3 is 2.60 bits per heavy atom. The fourth-order valence-electron chi connectivity index (χ4n) is 2.25. The molecule has 0 saturated carbocycles. The highest BCUT2D eigenvalue weighted by Gasteiger charge is 2.36. The zero-order valence-electron chi connectivity index (χ0n) is 8.55. The lowest BCUT2D eigenvalue weighted by Gasteiger charge is -2.19. The maximum Gasteiger partial charge on any atom is 0.239 e. The van der Waals surface area contributed by atoms with Gasteiger partial charge in [-0.3, -0.25) is 4.79 Å². The first-order valence-corrected chi connectivity index (χ1v) is 6.98. The van der Waals surface area contributed by atoms with Crippen LogP contribution in [0, 0.1) is 0 Å². The van der Waals surface area contributed by atoms with Gasteiger partial charge in [0.2, 0.25) is 5.91 Å². The summed E-state index contributed by atoms with van der Waals surface area (Å²) in [6.45, 7) is 0.945. The standard InChI is InChI=1S/C9H16N2O3S/c10-8-3-4-11(9(8)12)6-7-2-1-5-15(7,13)14/h7-8H,1-6,10H2. The first kappa shape index (κ1) is 10.9. The van der Waals surface area contributed by atoms with Crippen molar-refractivity contribution in [2.24, 2.45) is 5.73 Å². The zero-order valence-corrected chi connectivity index (χ0v) is 9.37. The Kier molecular flexibility index (Phi) is 2.72. The summed E-state index contributed by atoms with van der Waals surface area (Å²) in [6.07, 6.45) is 2.05. The molecular weight excluding hydrogens is 216 g/mol. The van der Waals surface area contributed by atoms with E-state index in [2.05, 4.69) is 0 Å². The largest absolute Gasteiger partial charge is 0.340 e. The number of rotatable bonds is 2. The second-order valence-electron chi connectivity index (χ2n) is 4.31. The summed E-state index contributed by atoms with van der Waals surface area (Å²) >= 11 is 0. The molecule has 5 nitrogen and oxygen atoms in total. The number of hydrogen-bond donors (Lipinski definition) is 1. The van der Waals surface area contributed by atoms with Gasteiger partial charge in [-0.25, -0.2) is 8.42 Å². The molecule has 0 radical (unpaired) electrons. The number of sulfone groups is 1. The van der Waals surface area contributed by atoms with E-state index in [0.717, 1.165) is 6.42 Å². The number of nitrogens with two attached hydrogens (primary N) is 1. The molecule has 2 heterocycles. The summed E-state index contributed by atoms with van der Waals surface area (Å²) in [5.41, 5.74) is 5.57. The summed E-state index contributed by atoms with van der Waals surface area (Å²) in [7, 11) is -2.95. The molecule has 0 aromatic carbocycles. The number of likely N-dealkylation sites (tertiary alicyclic amines) is 1. The minimum absolute atomic E-state index is 0.0999. The molecule has 2 rings (SSSR count). The maximum absolute atomic E-state index is 11.6. The third-order valence-corrected chi connectivity index (χ3v) is 5.48. The van der Waals surface area contributed by atoms with Crippen LogP contribution in [0.1, 0.15) is 19.3 Å². The average molecular weight is 232 g/mol. The molecule has 2 aliphatic rings. The minimum Gasteiger partial charge on any atom is -0.340 e. The van der Waals surface area contributed by atoms with Crippen molar-refractivity contribution in [3.63, 3.8) is 0 Å². The van der Waals surface area contributed by atoms with Crippen LogP contribution in [-0.4, -0.2) is 49.4 Å². The van der Waals surface area contributed by atoms with Gasteiger partial charge in [-0.15, -0.1) is 0 Å². The number of carbonyl (C=O) groups excluding carboxylic acids is 1. The van der Waals surface area contributed by atoms with Gasteiger partial charge in [-0.05, 0) is 19.3 Å². The molecule has 6 heteroatoms. The van der Waals surface area contributed by atoms with Crippen molar-refractivity contribution < 1.29 is 13.2 Å². The van der Waals surface area contributed by atoms with Crippen LogP contribution in [0.5, 0.6) is 0 Å². The Labute approximate surface area is 89.5 Å². The van der Waals surface area contributed by atoms with Crippen LogP contribution in [0.2, 0.25) is 0 Å². The van der Waals surface area contributed by atoms with Crippen LogP contribution in [0.15, 0.2) is 0 Å². The van der Waals surface area contributed by atoms with Gasteiger partial charge in [-0.1, -0.05) is 0 Å². The van der Waals surface area contributed by atoms with E-state index in [1.165, 1.54) is 0 Å². The summed E-state index contributed by atoms with van der Waals surface area (Å²) in [6, 6.07) is -0.422. The predicted molar refractivity (Wildman–Crippen MR) is 56.0 cm³/mol. The Bertz CT molecular complexity index is 366. The molecule has 0 aliphatic carbocycles. The molecule has 0 spiro atoms. The van der Waals surface area contributed by atoms with Crippen LogP contribution in [0.25, 0.3) is 0 Å². The molecular formula is C9H16N2O3S. The van der Waals surface area contributed by atoms with Gasteiger partial charge in [0.05, 0.1) is 17.0 Å². The van der Waals surface area contributed by atoms with E-state index in [1.807, 2.05) is 0 Å². The summed E-state index contributed by atoms with van der Waals surface area (Å²) in [5, 5.41) is -0.355. The van der Waals surface area contributed by atoms with Gasteiger partial charge in [0.15, 0.2) is 9.84 Å². The van der Waals surface area contributed by atoms with Crippen molar-refractivity contribution >= 4 is 15.7 Å². The smallest absolute Gasteiger partial charge is 0.239 e. The lowest BCUT2D eigenvalue weighted by Crippen LogP contribution is -2.39. The molecule has 0 aromatic rings. The summed E-state index contributed by atoms with van der Waals surface area (Å²) in [4.78, 5) is 13.1. The SMILES string of the molecule is NC1CCN(CC2CCCS2(=O)=O)C1=O. The third kappa shape index (κ3) is 2.01. The highest BCUT2D eigenvalue weighted by Crippen LogP contribution is 2.22. The monoisotopic (exact) mass is 232 g/mol. The van der Waals surface area contributed by atoms with E-state index in [9.17, 15) is 13.2 Å². The van der Waals surface area contributed by atoms with Gasteiger partial charge < -0.3 is 10.6 Å². The van der Waals surface area contributed by atoms with Crippen molar-refractivity contribution in [1.29, 1.82) is 0 Å². The molecule has 15 heavy (non-hydrogen) atoms. The first-order chi connectivity index (χ1) is 7.00. The molecule has 2 fully saturated rings. The Morgan fingerprint density at radius 2 is 2.13 bits per heavy atom. The van der Waals surface area contributed by atoms with E-state index in [1.54, 1.807) is 4.90 Å². The molecule has 2 unspecified atom stereocenters. The number of nitrogens with zero attached hydrogens (tertiary/aromatic N) is 1. The molecule has 0 bridgehead atoms. The van der Waals surface area contributed by atoms with Crippen LogP contribution in [0.4, 0.5) is 0 Å². The van der Waals surface area contributed by atoms with Crippen LogP contribution in [0.3, 0.4) is 0 Å². The van der Waals surface area contributed by atoms with Gasteiger partial charge >= 0.3 is 0 Å². The van der Waals surface area contributed by atoms with Crippen LogP contribution >= 0.6 is 0 Å². The van der Waals surface area contributed by atoms with Gasteiger partial charge in [0.1, 0.15) is 0 Å². The second kappa shape index (κ2) is 3.75. The normalized spacial score (nSPS) is 35.0. The molecule has 1 amide bonds. The third-order valence-electron chi connectivity index (χ3n) is 3.23. The lowest BCUT2D eigenvalue weighted by atomic mass is 10.2. The van der Waals surface area contributed by atoms with Gasteiger partial charge in [-0.2, -0.15) is 0 Å². The van der Waals surface area contributed by atoms with Crippen molar-refractivity contribution in [3.05, 3.63) is 0 Å². The Hall–Kier alpha value is -0.620.